The summed E-state index contributed by atoms with van der Waals surface area (Å²) in [7, 11) is 3.73. The number of halogens is 1. The quantitative estimate of drug-likeness (QED) is 0.678. The molecule has 1 aliphatic heterocycles. The molecule has 0 aliphatic carbocycles. The van der Waals surface area contributed by atoms with Crippen molar-refractivity contribution in [2.45, 2.75) is 26.1 Å². The van der Waals surface area contributed by atoms with Crippen LogP contribution in [0, 0.1) is 0 Å². The van der Waals surface area contributed by atoms with Crippen LogP contribution in [0.2, 0.25) is 5.02 Å². The average Bonchev–Trinajstić information content (AvgIpc) is 3.03. The Hall–Kier alpha value is -1.93. The summed E-state index contributed by atoms with van der Waals surface area (Å²) in [5.41, 5.74) is 2.36. The Morgan fingerprint density at radius 3 is 2.96 bits per heavy atom. The van der Waals surface area contributed by atoms with Crippen LogP contribution in [0.15, 0.2) is 18.2 Å². The zero-order valence-electron chi connectivity index (χ0n) is 15.3. The van der Waals surface area contributed by atoms with Gasteiger partial charge in [0.15, 0.2) is 5.82 Å². The summed E-state index contributed by atoms with van der Waals surface area (Å²) in [6, 6.07) is 5.72. The van der Waals surface area contributed by atoms with Gasteiger partial charge in [0.05, 0.1) is 17.5 Å². The van der Waals surface area contributed by atoms with Gasteiger partial charge in [0.1, 0.15) is 23.0 Å². The Kier molecular flexibility index (Phi) is 5.19. The van der Waals surface area contributed by atoms with E-state index >= 15 is 0 Å². The van der Waals surface area contributed by atoms with Gasteiger partial charge in [0.2, 0.25) is 0 Å². The van der Waals surface area contributed by atoms with Gasteiger partial charge >= 0.3 is 0 Å². The average molecular weight is 405 g/mol. The molecule has 0 spiro atoms. The molecule has 6 nitrogen and oxygen atoms in total. The maximum Gasteiger partial charge on any atom is 0.157 e. The van der Waals surface area contributed by atoms with Crippen molar-refractivity contribution >= 4 is 39.0 Å². The standard InChI is InChI=1S/C19H21ClN4O2S/c1-24-6-5-12-15(9-24)27-19-17(12)18(22-16(10-25)23-19)21-8-11-3-4-14(26-2)13(20)7-11/h3-4,7,25H,5-6,8-10H2,1-2H3,(H,21,22,23). The van der Waals surface area contributed by atoms with Gasteiger partial charge in [0.25, 0.3) is 0 Å². The third kappa shape index (κ3) is 3.60. The molecule has 3 aromatic rings. The van der Waals surface area contributed by atoms with Crippen molar-refractivity contribution in [1.29, 1.82) is 0 Å². The highest BCUT2D eigenvalue weighted by Crippen LogP contribution is 2.37. The molecule has 0 bridgehead atoms. The highest BCUT2D eigenvalue weighted by Gasteiger charge is 2.23. The van der Waals surface area contributed by atoms with Crippen LogP contribution >= 0.6 is 22.9 Å². The number of aromatic nitrogens is 2. The smallest absolute Gasteiger partial charge is 0.157 e. The Morgan fingerprint density at radius 1 is 1.37 bits per heavy atom. The first-order valence-electron chi connectivity index (χ1n) is 8.76. The minimum absolute atomic E-state index is 0.179. The molecule has 0 fully saturated rings. The predicted molar refractivity (Wildman–Crippen MR) is 109 cm³/mol. The summed E-state index contributed by atoms with van der Waals surface area (Å²) in [5.74, 6) is 1.87. The fraction of sp³-hybridized carbons (Fsp3) is 0.368. The Balaban J connectivity index is 1.69. The second kappa shape index (κ2) is 7.59. The van der Waals surface area contributed by atoms with Crippen molar-refractivity contribution < 1.29 is 9.84 Å². The molecule has 0 saturated heterocycles. The summed E-state index contributed by atoms with van der Waals surface area (Å²) < 4.78 is 5.21. The number of hydrogen-bond acceptors (Lipinski definition) is 7. The number of benzene rings is 1. The van der Waals surface area contributed by atoms with Crippen LogP contribution in [0.4, 0.5) is 5.82 Å². The van der Waals surface area contributed by atoms with E-state index in [-0.39, 0.29) is 6.61 Å². The van der Waals surface area contributed by atoms with Crippen molar-refractivity contribution in [2.75, 3.05) is 26.0 Å². The lowest BCUT2D eigenvalue weighted by Gasteiger charge is -2.22. The fourth-order valence-corrected chi connectivity index (χ4v) is 4.97. The monoisotopic (exact) mass is 404 g/mol. The molecule has 0 unspecified atom stereocenters. The van der Waals surface area contributed by atoms with E-state index in [1.807, 2.05) is 18.2 Å². The first kappa shape index (κ1) is 18.4. The van der Waals surface area contributed by atoms with E-state index in [1.54, 1.807) is 18.4 Å². The molecule has 8 heteroatoms. The molecule has 27 heavy (non-hydrogen) atoms. The van der Waals surface area contributed by atoms with Crippen molar-refractivity contribution in [1.82, 2.24) is 14.9 Å². The molecular weight excluding hydrogens is 384 g/mol. The van der Waals surface area contributed by atoms with E-state index in [9.17, 15) is 5.11 Å². The van der Waals surface area contributed by atoms with Gasteiger partial charge in [-0.05, 0) is 36.7 Å². The molecule has 1 aliphatic rings. The van der Waals surface area contributed by atoms with Crippen LogP contribution in [-0.2, 0) is 26.1 Å². The van der Waals surface area contributed by atoms with Gasteiger partial charge in [-0.2, -0.15) is 0 Å². The molecule has 0 amide bonds. The van der Waals surface area contributed by atoms with Crippen molar-refractivity contribution in [3.8, 4) is 5.75 Å². The number of aliphatic hydroxyl groups excluding tert-OH is 1. The van der Waals surface area contributed by atoms with Crippen LogP contribution in [0.5, 0.6) is 5.75 Å². The second-order valence-electron chi connectivity index (χ2n) is 6.64. The Labute approximate surface area is 166 Å². The van der Waals surface area contributed by atoms with E-state index in [0.717, 1.165) is 41.1 Å². The number of hydrogen-bond donors (Lipinski definition) is 2. The summed E-state index contributed by atoms with van der Waals surface area (Å²) in [5, 5.41) is 14.6. The summed E-state index contributed by atoms with van der Waals surface area (Å²) in [6.07, 6.45) is 0.983. The maximum atomic E-state index is 9.56. The van der Waals surface area contributed by atoms with E-state index in [1.165, 1.54) is 10.4 Å². The number of nitrogens with one attached hydrogen (secondary N) is 1. The number of methoxy groups -OCH3 is 1. The lowest BCUT2D eigenvalue weighted by molar-refractivity contribution is 0.272. The highest BCUT2D eigenvalue weighted by molar-refractivity contribution is 7.19. The van der Waals surface area contributed by atoms with Crippen molar-refractivity contribution in [2.24, 2.45) is 0 Å². The normalized spacial score (nSPS) is 14.4. The van der Waals surface area contributed by atoms with Gasteiger partial charge < -0.3 is 20.1 Å². The molecule has 3 heterocycles. The lowest BCUT2D eigenvalue weighted by atomic mass is 10.1. The summed E-state index contributed by atoms with van der Waals surface area (Å²) >= 11 is 7.93. The van der Waals surface area contributed by atoms with Gasteiger partial charge in [-0.25, -0.2) is 9.97 Å². The minimum Gasteiger partial charge on any atom is -0.495 e. The minimum atomic E-state index is -0.179. The van der Waals surface area contributed by atoms with E-state index < -0.39 is 0 Å². The predicted octanol–water partition coefficient (Wildman–Crippen LogP) is 3.45. The first-order valence-corrected chi connectivity index (χ1v) is 9.95. The van der Waals surface area contributed by atoms with Crippen molar-refractivity contribution in [3.05, 3.63) is 45.1 Å². The van der Waals surface area contributed by atoms with Gasteiger partial charge in [-0.3, -0.25) is 0 Å². The molecule has 1 aromatic carbocycles. The number of aliphatic hydroxyl groups is 1. The van der Waals surface area contributed by atoms with Crippen LogP contribution in [0.25, 0.3) is 10.2 Å². The zero-order valence-corrected chi connectivity index (χ0v) is 16.8. The summed E-state index contributed by atoms with van der Waals surface area (Å²) in [4.78, 5) is 13.7. The SMILES string of the molecule is COc1ccc(CNc2nc(CO)nc3sc4c(c23)CCN(C)C4)cc1Cl. The second-order valence-corrected chi connectivity index (χ2v) is 8.13. The number of ether oxygens (including phenoxy) is 1. The number of thiophene rings is 1. The summed E-state index contributed by atoms with van der Waals surface area (Å²) in [6.45, 7) is 2.35. The Bertz CT molecular complexity index is 991. The third-order valence-corrected chi connectivity index (χ3v) is 6.16. The Morgan fingerprint density at radius 2 is 2.22 bits per heavy atom. The number of likely N-dealkylation sites (N-methyl/N-ethyl adjacent to an activating group) is 1. The molecule has 0 saturated carbocycles. The molecule has 0 radical (unpaired) electrons. The third-order valence-electron chi connectivity index (χ3n) is 4.76. The fourth-order valence-electron chi connectivity index (χ4n) is 3.37. The van der Waals surface area contributed by atoms with Gasteiger partial charge in [0, 0.05) is 24.5 Å². The largest absolute Gasteiger partial charge is 0.495 e. The van der Waals surface area contributed by atoms with Crippen LogP contribution < -0.4 is 10.1 Å². The molecule has 2 N–H and O–H groups in total. The molecular formula is C19H21ClN4O2S. The van der Waals surface area contributed by atoms with Gasteiger partial charge in [-0.15, -0.1) is 11.3 Å². The molecule has 4 rings (SSSR count). The van der Waals surface area contributed by atoms with Crippen LogP contribution in [0.3, 0.4) is 0 Å². The van der Waals surface area contributed by atoms with Crippen LogP contribution in [-0.4, -0.2) is 40.7 Å². The first-order chi connectivity index (χ1) is 13.1. The lowest BCUT2D eigenvalue weighted by Crippen LogP contribution is -2.25. The van der Waals surface area contributed by atoms with E-state index in [0.29, 0.717) is 23.1 Å². The molecule has 2 aromatic heterocycles. The molecule has 0 atom stereocenters. The van der Waals surface area contributed by atoms with E-state index in [2.05, 4.69) is 27.2 Å². The number of nitrogens with zero attached hydrogens (tertiary/aromatic N) is 3. The van der Waals surface area contributed by atoms with E-state index in [4.69, 9.17) is 16.3 Å². The van der Waals surface area contributed by atoms with Crippen molar-refractivity contribution in [3.63, 3.8) is 0 Å². The maximum absolute atomic E-state index is 9.56. The number of fused-ring (bicyclic) bond motifs is 3. The molecule has 142 valence electrons. The zero-order chi connectivity index (χ0) is 19.0. The number of anilines is 1. The number of rotatable bonds is 5. The van der Waals surface area contributed by atoms with Crippen LogP contribution in [0.1, 0.15) is 21.8 Å². The van der Waals surface area contributed by atoms with Gasteiger partial charge in [-0.1, -0.05) is 17.7 Å². The highest BCUT2D eigenvalue weighted by atomic mass is 35.5. The topological polar surface area (TPSA) is 70.5 Å².